The van der Waals surface area contributed by atoms with E-state index in [1.165, 1.54) is 13.0 Å². The van der Waals surface area contributed by atoms with Crippen molar-refractivity contribution in [3.8, 4) is 0 Å². The Morgan fingerprint density at radius 3 is 2.44 bits per heavy atom. The van der Waals surface area contributed by atoms with Gasteiger partial charge in [0.05, 0.1) is 11.3 Å². The van der Waals surface area contributed by atoms with Crippen molar-refractivity contribution in [1.29, 1.82) is 0 Å². The number of nitrogens with one attached hydrogen (secondary N) is 2. The third-order valence-corrected chi connectivity index (χ3v) is 3.97. The lowest BCUT2D eigenvalue weighted by Gasteiger charge is -2.15. The van der Waals surface area contributed by atoms with Crippen molar-refractivity contribution in [2.24, 2.45) is 0 Å². The summed E-state index contributed by atoms with van der Waals surface area (Å²) in [4.78, 5) is 8.88. The Morgan fingerprint density at radius 2 is 1.84 bits per heavy atom. The number of halogens is 3. The van der Waals surface area contributed by atoms with Crippen LogP contribution in [-0.2, 0) is 6.18 Å². The van der Waals surface area contributed by atoms with Crippen molar-refractivity contribution in [3.05, 3.63) is 41.1 Å². The molecule has 0 bridgehead atoms. The molecular weight excluding hydrogens is 329 g/mol. The molecule has 1 aromatic heterocycles. The van der Waals surface area contributed by atoms with Gasteiger partial charge in [-0.3, -0.25) is 0 Å². The molecular formula is C18H21F3N4. The van der Waals surface area contributed by atoms with Gasteiger partial charge in [0, 0.05) is 23.7 Å². The first kappa shape index (κ1) is 17.5. The van der Waals surface area contributed by atoms with Gasteiger partial charge in [0.2, 0.25) is 5.95 Å². The maximum atomic E-state index is 13.1. The number of aryl methyl sites for hydroxylation is 1. The van der Waals surface area contributed by atoms with E-state index < -0.39 is 11.7 Å². The maximum absolute atomic E-state index is 13.1. The van der Waals surface area contributed by atoms with Crippen molar-refractivity contribution in [2.75, 3.05) is 10.6 Å². The Balaban J connectivity index is 1.90. The average molecular weight is 350 g/mol. The van der Waals surface area contributed by atoms with Gasteiger partial charge in [0.25, 0.3) is 0 Å². The zero-order valence-corrected chi connectivity index (χ0v) is 14.4. The van der Waals surface area contributed by atoms with E-state index in [0.29, 0.717) is 23.4 Å². The number of nitrogens with zero attached hydrogens (tertiary/aromatic N) is 2. The van der Waals surface area contributed by atoms with Gasteiger partial charge >= 0.3 is 6.18 Å². The molecule has 1 aromatic carbocycles. The molecule has 7 heteroatoms. The second-order valence-electron chi connectivity index (χ2n) is 6.73. The SMILES string of the molecule is Cc1ccc(Nc2cc(C3CC3)nc(NC(C)C)n2)cc1C(F)(F)F. The van der Waals surface area contributed by atoms with E-state index >= 15 is 0 Å². The highest BCUT2D eigenvalue weighted by Gasteiger charge is 2.32. The summed E-state index contributed by atoms with van der Waals surface area (Å²) >= 11 is 0. The second-order valence-corrected chi connectivity index (χ2v) is 6.73. The van der Waals surface area contributed by atoms with Gasteiger partial charge in [-0.25, -0.2) is 4.98 Å². The van der Waals surface area contributed by atoms with E-state index in [1.807, 2.05) is 19.9 Å². The number of hydrogen-bond donors (Lipinski definition) is 2. The molecule has 0 atom stereocenters. The Kier molecular flexibility index (Phi) is 4.58. The molecule has 2 aromatic rings. The molecule has 1 heterocycles. The van der Waals surface area contributed by atoms with Crippen molar-refractivity contribution in [3.63, 3.8) is 0 Å². The molecule has 2 N–H and O–H groups in total. The van der Waals surface area contributed by atoms with Gasteiger partial charge in [0.1, 0.15) is 5.82 Å². The van der Waals surface area contributed by atoms with Crippen LogP contribution in [0.5, 0.6) is 0 Å². The van der Waals surface area contributed by atoms with E-state index in [-0.39, 0.29) is 11.6 Å². The summed E-state index contributed by atoms with van der Waals surface area (Å²) in [5.74, 6) is 1.40. The van der Waals surface area contributed by atoms with Crippen LogP contribution >= 0.6 is 0 Å². The fourth-order valence-electron chi connectivity index (χ4n) is 2.59. The van der Waals surface area contributed by atoms with Crippen molar-refractivity contribution in [1.82, 2.24) is 9.97 Å². The molecule has 3 rings (SSSR count). The number of alkyl halides is 3. The van der Waals surface area contributed by atoms with E-state index in [2.05, 4.69) is 20.6 Å². The first-order valence-corrected chi connectivity index (χ1v) is 8.33. The summed E-state index contributed by atoms with van der Waals surface area (Å²) < 4.78 is 39.3. The van der Waals surface area contributed by atoms with E-state index in [4.69, 9.17) is 0 Å². The first-order chi connectivity index (χ1) is 11.7. The van der Waals surface area contributed by atoms with Gasteiger partial charge in [-0.15, -0.1) is 0 Å². The van der Waals surface area contributed by atoms with Crippen LogP contribution in [0.4, 0.5) is 30.6 Å². The lowest BCUT2D eigenvalue weighted by Crippen LogP contribution is -2.14. The van der Waals surface area contributed by atoms with E-state index in [9.17, 15) is 13.2 Å². The zero-order chi connectivity index (χ0) is 18.2. The molecule has 25 heavy (non-hydrogen) atoms. The number of benzene rings is 1. The summed E-state index contributed by atoms with van der Waals surface area (Å²) in [6, 6.07) is 6.18. The van der Waals surface area contributed by atoms with Crippen LogP contribution in [0.2, 0.25) is 0 Å². The highest BCUT2D eigenvalue weighted by Crippen LogP contribution is 2.40. The zero-order valence-electron chi connectivity index (χ0n) is 14.4. The minimum Gasteiger partial charge on any atom is -0.352 e. The lowest BCUT2D eigenvalue weighted by molar-refractivity contribution is -0.138. The average Bonchev–Trinajstić information content (AvgIpc) is 3.32. The minimum atomic E-state index is -4.38. The predicted molar refractivity (Wildman–Crippen MR) is 92.2 cm³/mol. The normalized spacial score (nSPS) is 14.7. The summed E-state index contributed by atoms with van der Waals surface area (Å²) in [5, 5.41) is 6.15. The number of anilines is 3. The standard InChI is InChI=1S/C18H21F3N4/c1-10(2)22-17-24-15(12-5-6-12)9-16(25-17)23-13-7-4-11(3)14(8-13)18(19,20)21/h4,7-10,12H,5-6H2,1-3H3,(H2,22,23,24,25). The first-order valence-electron chi connectivity index (χ1n) is 8.33. The molecule has 0 saturated heterocycles. The molecule has 0 unspecified atom stereocenters. The molecule has 1 aliphatic rings. The molecule has 134 valence electrons. The largest absolute Gasteiger partial charge is 0.416 e. The lowest BCUT2D eigenvalue weighted by atomic mass is 10.1. The molecule has 1 saturated carbocycles. The Labute approximate surface area is 144 Å². The van der Waals surface area contributed by atoms with Crippen LogP contribution in [0, 0.1) is 6.92 Å². The van der Waals surface area contributed by atoms with Crippen molar-refractivity contribution >= 4 is 17.5 Å². The smallest absolute Gasteiger partial charge is 0.352 e. The van der Waals surface area contributed by atoms with Gasteiger partial charge in [-0.05, 0) is 51.3 Å². The summed E-state index contributed by atoms with van der Waals surface area (Å²) in [6.45, 7) is 5.42. The third-order valence-electron chi connectivity index (χ3n) is 3.97. The van der Waals surface area contributed by atoms with Gasteiger partial charge in [-0.2, -0.15) is 18.2 Å². The van der Waals surface area contributed by atoms with Gasteiger partial charge < -0.3 is 10.6 Å². The third kappa shape index (κ3) is 4.41. The summed E-state index contributed by atoms with van der Waals surface area (Å²) in [7, 11) is 0. The van der Waals surface area contributed by atoms with Crippen LogP contribution in [0.1, 0.15) is 49.4 Å². The molecule has 1 aliphatic carbocycles. The fraction of sp³-hybridized carbons (Fsp3) is 0.444. The Hall–Kier alpha value is -2.31. The van der Waals surface area contributed by atoms with Crippen LogP contribution in [0.3, 0.4) is 0 Å². The predicted octanol–water partition coefficient (Wildman–Crippen LogP) is 5.25. The van der Waals surface area contributed by atoms with Gasteiger partial charge in [-0.1, -0.05) is 6.07 Å². The van der Waals surface area contributed by atoms with E-state index in [1.54, 1.807) is 6.07 Å². The Bertz CT molecular complexity index is 767. The van der Waals surface area contributed by atoms with Crippen LogP contribution in [0.25, 0.3) is 0 Å². The number of rotatable bonds is 5. The van der Waals surface area contributed by atoms with Gasteiger partial charge in [0.15, 0.2) is 0 Å². The molecule has 0 amide bonds. The molecule has 1 fully saturated rings. The number of aromatic nitrogens is 2. The highest BCUT2D eigenvalue weighted by molar-refractivity contribution is 5.60. The van der Waals surface area contributed by atoms with Crippen LogP contribution in [-0.4, -0.2) is 16.0 Å². The highest BCUT2D eigenvalue weighted by atomic mass is 19.4. The summed E-state index contributed by atoms with van der Waals surface area (Å²) in [5.41, 5.74) is 0.828. The number of hydrogen-bond acceptors (Lipinski definition) is 4. The topological polar surface area (TPSA) is 49.8 Å². The van der Waals surface area contributed by atoms with Crippen molar-refractivity contribution in [2.45, 2.75) is 51.7 Å². The molecule has 4 nitrogen and oxygen atoms in total. The Morgan fingerprint density at radius 1 is 1.12 bits per heavy atom. The molecule has 0 aliphatic heterocycles. The van der Waals surface area contributed by atoms with Crippen LogP contribution in [0.15, 0.2) is 24.3 Å². The minimum absolute atomic E-state index is 0.165. The molecule has 0 radical (unpaired) electrons. The molecule has 0 spiro atoms. The monoisotopic (exact) mass is 350 g/mol. The summed E-state index contributed by atoms with van der Waals surface area (Å²) in [6.07, 6.45) is -2.21. The van der Waals surface area contributed by atoms with E-state index in [0.717, 1.165) is 24.6 Å². The fourth-order valence-corrected chi connectivity index (χ4v) is 2.59. The second kappa shape index (κ2) is 6.54. The maximum Gasteiger partial charge on any atom is 0.416 e. The quantitative estimate of drug-likeness (QED) is 0.774. The van der Waals surface area contributed by atoms with Crippen molar-refractivity contribution < 1.29 is 13.2 Å². The van der Waals surface area contributed by atoms with Crippen LogP contribution < -0.4 is 10.6 Å².